The number of hydrogen-bond acceptors (Lipinski definition) is 5. The average molecular weight is 345 g/mol. The SMILES string of the molecule is Cl.Cl.O=C(Nc1ccccn1)c1cn(C2CCNCC2)nn1. The second-order valence-electron chi connectivity index (χ2n) is 4.73. The van der Waals surface area contributed by atoms with Crippen LogP contribution in [0.15, 0.2) is 30.6 Å². The fraction of sp³-hybridized carbons (Fsp3) is 0.385. The van der Waals surface area contributed by atoms with Gasteiger partial charge in [-0.1, -0.05) is 11.3 Å². The van der Waals surface area contributed by atoms with Gasteiger partial charge in [0.05, 0.1) is 12.2 Å². The quantitative estimate of drug-likeness (QED) is 0.884. The largest absolute Gasteiger partial charge is 0.317 e. The van der Waals surface area contributed by atoms with Crippen LogP contribution in [-0.2, 0) is 0 Å². The molecule has 0 saturated carbocycles. The van der Waals surface area contributed by atoms with Gasteiger partial charge in [0.2, 0.25) is 0 Å². The van der Waals surface area contributed by atoms with Crippen LogP contribution in [0, 0.1) is 0 Å². The van der Waals surface area contributed by atoms with Crippen molar-refractivity contribution in [2.45, 2.75) is 18.9 Å². The van der Waals surface area contributed by atoms with E-state index in [4.69, 9.17) is 0 Å². The van der Waals surface area contributed by atoms with Crippen LogP contribution in [-0.4, -0.2) is 39.0 Å². The molecule has 0 bridgehead atoms. The molecule has 2 aromatic rings. The third-order valence-corrected chi connectivity index (χ3v) is 3.33. The van der Waals surface area contributed by atoms with E-state index in [-0.39, 0.29) is 30.7 Å². The molecule has 3 rings (SSSR count). The van der Waals surface area contributed by atoms with Gasteiger partial charge in [0.25, 0.3) is 5.91 Å². The Labute approximate surface area is 140 Å². The molecule has 0 spiro atoms. The fourth-order valence-electron chi connectivity index (χ4n) is 2.25. The highest BCUT2D eigenvalue weighted by Crippen LogP contribution is 2.17. The van der Waals surface area contributed by atoms with E-state index in [2.05, 4.69) is 25.9 Å². The third-order valence-electron chi connectivity index (χ3n) is 3.33. The Morgan fingerprint density at radius 2 is 2.05 bits per heavy atom. The molecule has 3 heterocycles. The Hall–Kier alpha value is -1.70. The van der Waals surface area contributed by atoms with Gasteiger partial charge < -0.3 is 10.6 Å². The zero-order chi connectivity index (χ0) is 13.8. The highest BCUT2D eigenvalue weighted by atomic mass is 35.5. The van der Waals surface area contributed by atoms with E-state index < -0.39 is 0 Å². The number of rotatable bonds is 3. The lowest BCUT2D eigenvalue weighted by molar-refractivity contribution is 0.102. The lowest BCUT2D eigenvalue weighted by Crippen LogP contribution is -2.29. The fourth-order valence-corrected chi connectivity index (χ4v) is 2.25. The standard InChI is InChI=1S/C13H16N6O.2ClH/c20-13(16-12-3-1-2-6-15-12)11-9-19(18-17-11)10-4-7-14-8-5-10;;/h1-3,6,9-10,14H,4-5,7-8H2,(H,15,16,20);2*1H. The first kappa shape index (κ1) is 18.3. The summed E-state index contributed by atoms with van der Waals surface area (Å²) in [6.45, 7) is 1.94. The molecule has 1 fully saturated rings. The Kier molecular flexibility index (Phi) is 7.23. The van der Waals surface area contributed by atoms with Gasteiger partial charge in [-0.2, -0.15) is 0 Å². The summed E-state index contributed by atoms with van der Waals surface area (Å²) >= 11 is 0. The number of anilines is 1. The lowest BCUT2D eigenvalue weighted by Gasteiger charge is -2.22. The first-order valence-electron chi connectivity index (χ1n) is 6.68. The predicted octanol–water partition coefficient (Wildman–Crippen LogP) is 1.69. The molecule has 2 N–H and O–H groups in total. The summed E-state index contributed by atoms with van der Waals surface area (Å²) < 4.78 is 1.79. The van der Waals surface area contributed by atoms with Crippen LogP contribution in [0.5, 0.6) is 0 Å². The van der Waals surface area contributed by atoms with E-state index >= 15 is 0 Å². The van der Waals surface area contributed by atoms with Gasteiger partial charge in [0, 0.05) is 6.20 Å². The number of nitrogens with one attached hydrogen (secondary N) is 2. The molecule has 1 amide bonds. The van der Waals surface area contributed by atoms with E-state index in [9.17, 15) is 4.79 Å². The summed E-state index contributed by atoms with van der Waals surface area (Å²) in [5.74, 6) is 0.220. The summed E-state index contributed by atoms with van der Waals surface area (Å²) in [5, 5.41) is 14.0. The van der Waals surface area contributed by atoms with Crippen molar-refractivity contribution < 1.29 is 4.79 Å². The topological polar surface area (TPSA) is 84.7 Å². The van der Waals surface area contributed by atoms with Gasteiger partial charge in [0.15, 0.2) is 5.69 Å². The van der Waals surface area contributed by atoms with Crippen LogP contribution < -0.4 is 10.6 Å². The van der Waals surface area contributed by atoms with E-state index in [1.54, 1.807) is 29.2 Å². The maximum Gasteiger partial charge on any atom is 0.278 e. The minimum Gasteiger partial charge on any atom is -0.317 e. The van der Waals surface area contributed by atoms with Gasteiger partial charge in [0.1, 0.15) is 5.82 Å². The Balaban J connectivity index is 0.00000121. The maximum absolute atomic E-state index is 12.0. The van der Waals surface area contributed by atoms with E-state index in [0.717, 1.165) is 25.9 Å². The van der Waals surface area contributed by atoms with Gasteiger partial charge in [-0.15, -0.1) is 29.9 Å². The van der Waals surface area contributed by atoms with E-state index in [1.807, 2.05) is 6.07 Å². The molecule has 1 aliphatic heterocycles. The van der Waals surface area contributed by atoms with Crippen molar-refractivity contribution in [2.75, 3.05) is 18.4 Å². The lowest BCUT2D eigenvalue weighted by atomic mass is 10.1. The molecular weight excluding hydrogens is 327 g/mol. The molecule has 1 saturated heterocycles. The molecule has 2 aromatic heterocycles. The summed E-state index contributed by atoms with van der Waals surface area (Å²) in [6, 6.07) is 5.66. The number of carbonyl (C=O) groups excluding carboxylic acids is 1. The number of halogens is 2. The Morgan fingerprint density at radius 1 is 1.27 bits per heavy atom. The molecule has 1 aliphatic rings. The van der Waals surface area contributed by atoms with Crippen molar-refractivity contribution >= 4 is 36.5 Å². The summed E-state index contributed by atoms with van der Waals surface area (Å²) in [5.41, 5.74) is 0.314. The molecule has 0 radical (unpaired) electrons. The van der Waals surface area contributed by atoms with Crippen LogP contribution in [0.2, 0.25) is 0 Å². The number of aromatic nitrogens is 4. The molecule has 9 heteroatoms. The van der Waals surface area contributed by atoms with Crippen molar-refractivity contribution in [3.63, 3.8) is 0 Å². The number of carbonyl (C=O) groups is 1. The minimum atomic E-state index is -0.288. The second-order valence-corrected chi connectivity index (χ2v) is 4.73. The highest BCUT2D eigenvalue weighted by molar-refractivity contribution is 6.01. The van der Waals surface area contributed by atoms with Crippen molar-refractivity contribution in [3.05, 3.63) is 36.3 Å². The van der Waals surface area contributed by atoms with Crippen molar-refractivity contribution in [1.82, 2.24) is 25.3 Å². The Bertz CT molecular complexity index is 585. The average Bonchev–Trinajstić information content (AvgIpc) is 2.99. The zero-order valence-corrected chi connectivity index (χ0v) is 13.4. The number of pyridine rings is 1. The van der Waals surface area contributed by atoms with Crippen LogP contribution in [0.1, 0.15) is 29.4 Å². The monoisotopic (exact) mass is 344 g/mol. The first-order valence-corrected chi connectivity index (χ1v) is 6.68. The van der Waals surface area contributed by atoms with Crippen molar-refractivity contribution in [3.8, 4) is 0 Å². The van der Waals surface area contributed by atoms with Crippen molar-refractivity contribution in [1.29, 1.82) is 0 Å². The number of piperidine rings is 1. The number of amides is 1. The molecule has 7 nitrogen and oxygen atoms in total. The van der Waals surface area contributed by atoms with Gasteiger partial charge in [-0.05, 0) is 38.1 Å². The third kappa shape index (κ3) is 4.40. The van der Waals surface area contributed by atoms with Gasteiger partial charge in [-0.3, -0.25) is 4.79 Å². The maximum atomic E-state index is 12.0. The molecule has 22 heavy (non-hydrogen) atoms. The number of hydrogen-bond donors (Lipinski definition) is 2. The smallest absolute Gasteiger partial charge is 0.278 e. The molecule has 0 atom stereocenters. The summed E-state index contributed by atoms with van der Waals surface area (Å²) in [4.78, 5) is 16.1. The summed E-state index contributed by atoms with van der Waals surface area (Å²) in [6.07, 6.45) is 5.34. The normalized spacial score (nSPS) is 14.5. The highest BCUT2D eigenvalue weighted by Gasteiger charge is 2.18. The van der Waals surface area contributed by atoms with Crippen LogP contribution in [0.3, 0.4) is 0 Å². The van der Waals surface area contributed by atoms with Crippen LogP contribution in [0.4, 0.5) is 5.82 Å². The molecule has 120 valence electrons. The zero-order valence-electron chi connectivity index (χ0n) is 11.8. The second kappa shape index (κ2) is 8.67. The predicted molar refractivity (Wildman–Crippen MR) is 87.8 cm³/mol. The Morgan fingerprint density at radius 3 is 2.73 bits per heavy atom. The first-order chi connectivity index (χ1) is 9.83. The van der Waals surface area contributed by atoms with Gasteiger partial charge in [-0.25, -0.2) is 9.67 Å². The molecule has 0 aromatic carbocycles. The molecular formula is C13H18Cl2N6O. The van der Waals surface area contributed by atoms with Crippen molar-refractivity contribution in [2.24, 2.45) is 0 Å². The van der Waals surface area contributed by atoms with Crippen LogP contribution >= 0.6 is 24.8 Å². The summed E-state index contributed by atoms with van der Waals surface area (Å²) in [7, 11) is 0. The molecule has 0 unspecified atom stereocenters. The molecule has 0 aliphatic carbocycles. The minimum absolute atomic E-state index is 0. The van der Waals surface area contributed by atoms with Crippen LogP contribution in [0.25, 0.3) is 0 Å². The van der Waals surface area contributed by atoms with E-state index in [0.29, 0.717) is 17.6 Å². The van der Waals surface area contributed by atoms with E-state index in [1.165, 1.54) is 0 Å². The number of nitrogens with zero attached hydrogens (tertiary/aromatic N) is 4. The van der Waals surface area contributed by atoms with Gasteiger partial charge >= 0.3 is 0 Å².